The molecule has 0 bridgehead atoms. The number of hydrogen-bond acceptors (Lipinski definition) is 6. The minimum atomic E-state index is -0.422. The fraction of sp³-hybridized carbons (Fsp3) is 0.361. The molecule has 0 spiro atoms. The Morgan fingerprint density at radius 3 is 1.93 bits per heavy atom. The summed E-state index contributed by atoms with van der Waals surface area (Å²) in [4.78, 5) is 13.0. The van der Waals surface area contributed by atoms with Gasteiger partial charge in [-0.25, -0.2) is 4.79 Å². The smallest absolute Gasteiger partial charge is 0.343 e. The summed E-state index contributed by atoms with van der Waals surface area (Å²) < 4.78 is 16.9. The van der Waals surface area contributed by atoms with Crippen LogP contribution < -0.4 is 14.2 Å². The standard InChI is InChI=1S/C36H42N2O4/c1-3-4-5-6-7-8-9-10-11-14-27-41-31-21-17-28(18-22-31)36(39)42-35-26-25-34(32-15-12-13-16-33(32)35)38-37-29-19-23-30(40-2)24-20-29/h12-13,15-26H,3-11,14,27H2,1-2H3. The highest BCUT2D eigenvalue weighted by molar-refractivity contribution is 5.99. The largest absolute Gasteiger partial charge is 0.497 e. The molecule has 220 valence electrons. The number of methoxy groups -OCH3 is 1. The third kappa shape index (κ3) is 9.44. The van der Waals surface area contributed by atoms with Gasteiger partial charge in [-0.2, -0.15) is 5.11 Å². The zero-order chi connectivity index (χ0) is 29.4. The predicted octanol–water partition coefficient (Wildman–Crippen LogP) is 10.8. The fourth-order valence-electron chi connectivity index (χ4n) is 4.82. The molecule has 0 atom stereocenters. The van der Waals surface area contributed by atoms with Gasteiger partial charge >= 0.3 is 5.97 Å². The van der Waals surface area contributed by atoms with E-state index in [0.29, 0.717) is 29.3 Å². The molecule has 0 heterocycles. The molecule has 0 aliphatic heterocycles. The van der Waals surface area contributed by atoms with Crippen LogP contribution in [0.3, 0.4) is 0 Å². The summed E-state index contributed by atoms with van der Waals surface area (Å²) in [5, 5.41) is 10.4. The van der Waals surface area contributed by atoms with E-state index in [-0.39, 0.29) is 0 Å². The summed E-state index contributed by atoms with van der Waals surface area (Å²) in [5.41, 5.74) is 1.87. The summed E-state index contributed by atoms with van der Waals surface area (Å²) >= 11 is 0. The molecule has 4 rings (SSSR count). The number of azo groups is 1. The Hall–Kier alpha value is -4.19. The first-order valence-corrected chi connectivity index (χ1v) is 15.2. The van der Waals surface area contributed by atoms with Gasteiger partial charge in [0, 0.05) is 10.8 Å². The van der Waals surface area contributed by atoms with E-state index in [2.05, 4.69) is 17.2 Å². The third-order valence-electron chi connectivity index (χ3n) is 7.27. The minimum Gasteiger partial charge on any atom is -0.497 e. The number of nitrogens with zero attached hydrogens (tertiary/aromatic N) is 2. The van der Waals surface area contributed by atoms with Crippen LogP contribution >= 0.6 is 0 Å². The van der Waals surface area contributed by atoms with Crippen molar-refractivity contribution in [1.29, 1.82) is 0 Å². The van der Waals surface area contributed by atoms with Crippen LogP contribution in [0, 0.1) is 0 Å². The molecule has 0 saturated heterocycles. The minimum absolute atomic E-state index is 0.422. The maximum absolute atomic E-state index is 13.0. The lowest BCUT2D eigenvalue weighted by molar-refractivity contribution is 0.0737. The molecule has 0 saturated carbocycles. The molecule has 42 heavy (non-hydrogen) atoms. The van der Waals surface area contributed by atoms with Crippen LogP contribution in [0.5, 0.6) is 17.2 Å². The van der Waals surface area contributed by atoms with E-state index in [1.165, 1.54) is 57.8 Å². The Bertz CT molecular complexity index is 1420. The van der Waals surface area contributed by atoms with Crippen molar-refractivity contribution in [2.75, 3.05) is 13.7 Å². The predicted molar refractivity (Wildman–Crippen MR) is 170 cm³/mol. The molecule has 0 fully saturated rings. The van der Waals surface area contributed by atoms with E-state index in [9.17, 15) is 4.79 Å². The summed E-state index contributed by atoms with van der Waals surface area (Å²) in [5.74, 6) is 1.57. The number of carbonyl (C=O) groups is 1. The molecule has 0 radical (unpaired) electrons. The van der Waals surface area contributed by atoms with Crippen molar-refractivity contribution >= 4 is 28.1 Å². The van der Waals surface area contributed by atoms with E-state index < -0.39 is 5.97 Å². The third-order valence-corrected chi connectivity index (χ3v) is 7.27. The second kappa shape index (κ2) is 16.9. The van der Waals surface area contributed by atoms with Crippen molar-refractivity contribution in [2.45, 2.75) is 71.1 Å². The first kappa shape index (κ1) is 30.8. The van der Waals surface area contributed by atoms with Gasteiger partial charge < -0.3 is 14.2 Å². The van der Waals surface area contributed by atoms with Crippen molar-refractivity contribution < 1.29 is 19.0 Å². The van der Waals surface area contributed by atoms with Gasteiger partial charge in [0.25, 0.3) is 0 Å². The van der Waals surface area contributed by atoms with E-state index in [4.69, 9.17) is 14.2 Å². The number of benzene rings is 4. The van der Waals surface area contributed by atoms with Crippen LogP contribution in [0.1, 0.15) is 81.5 Å². The number of fused-ring (bicyclic) bond motifs is 1. The van der Waals surface area contributed by atoms with Crippen LogP contribution in [0.15, 0.2) is 95.2 Å². The van der Waals surface area contributed by atoms with E-state index in [0.717, 1.165) is 28.7 Å². The van der Waals surface area contributed by atoms with Crippen molar-refractivity contribution in [1.82, 2.24) is 0 Å². The van der Waals surface area contributed by atoms with Gasteiger partial charge in [0.2, 0.25) is 0 Å². The molecule has 4 aromatic rings. The normalized spacial score (nSPS) is 11.2. The molecule has 0 aliphatic carbocycles. The number of hydrogen-bond donors (Lipinski definition) is 0. The van der Waals surface area contributed by atoms with Crippen LogP contribution in [-0.2, 0) is 0 Å². The number of ether oxygens (including phenoxy) is 3. The topological polar surface area (TPSA) is 69.5 Å². The van der Waals surface area contributed by atoms with Crippen molar-refractivity contribution in [3.63, 3.8) is 0 Å². The first-order valence-electron chi connectivity index (χ1n) is 15.2. The number of esters is 1. The summed E-state index contributed by atoms with van der Waals surface area (Å²) in [7, 11) is 1.63. The SMILES string of the molecule is CCCCCCCCCCCCOc1ccc(C(=O)Oc2ccc(N=Nc3ccc(OC)cc3)c3ccccc23)cc1. The zero-order valence-electron chi connectivity index (χ0n) is 24.9. The molecule has 0 aliphatic rings. The Balaban J connectivity index is 1.26. The van der Waals surface area contributed by atoms with Gasteiger partial charge in [-0.15, -0.1) is 5.11 Å². The number of carbonyl (C=O) groups excluding carboxylic acids is 1. The average molecular weight is 567 g/mol. The van der Waals surface area contributed by atoms with Crippen LogP contribution in [-0.4, -0.2) is 19.7 Å². The Morgan fingerprint density at radius 1 is 0.643 bits per heavy atom. The molecule has 6 heteroatoms. The van der Waals surface area contributed by atoms with Crippen molar-refractivity contribution in [3.8, 4) is 17.2 Å². The molecule has 0 aromatic heterocycles. The summed E-state index contributed by atoms with van der Waals surface area (Å²) in [6.07, 6.45) is 13.0. The van der Waals surface area contributed by atoms with Crippen molar-refractivity contribution in [2.24, 2.45) is 10.2 Å². The molecule has 0 unspecified atom stereocenters. The Labute approximate surface area is 249 Å². The van der Waals surface area contributed by atoms with E-state index in [1.54, 1.807) is 25.3 Å². The molecular formula is C36H42N2O4. The maximum Gasteiger partial charge on any atom is 0.343 e. The summed E-state index contributed by atoms with van der Waals surface area (Å²) in [6, 6.07) is 25.8. The van der Waals surface area contributed by atoms with Crippen LogP contribution in [0.4, 0.5) is 11.4 Å². The maximum atomic E-state index is 13.0. The molecular weight excluding hydrogens is 524 g/mol. The van der Waals surface area contributed by atoms with Gasteiger partial charge in [-0.05, 0) is 67.1 Å². The number of unbranched alkanes of at least 4 members (excludes halogenated alkanes) is 9. The highest BCUT2D eigenvalue weighted by Gasteiger charge is 2.13. The van der Waals surface area contributed by atoms with Gasteiger partial charge in [-0.1, -0.05) is 89.0 Å². The van der Waals surface area contributed by atoms with Crippen LogP contribution in [0.2, 0.25) is 0 Å². The quantitative estimate of drug-likeness (QED) is 0.0551. The lowest BCUT2D eigenvalue weighted by Gasteiger charge is -2.10. The molecule has 0 N–H and O–H groups in total. The molecule has 4 aromatic carbocycles. The van der Waals surface area contributed by atoms with Gasteiger partial charge in [0.1, 0.15) is 17.2 Å². The van der Waals surface area contributed by atoms with Crippen LogP contribution in [0.25, 0.3) is 10.8 Å². The molecule has 6 nitrogen and oxygen atoms in total. The summed E-state index contributed by atoms with van der Waals surface area (Å²) in [6.45, 7) is 2.95. The van der Waals surface area contributed by atoms with Gasteiger partial charge in [-0.3, -0.25) is 0 Å². The zero-order valence-corrected chi connectivity index (χ0v) is 24.9. The average Bonchev–Trinajstić information content (AvgIpc) is 3.03. The second-order valence-corrected chi connectivity index (χ2v) is 10.5. The molecule has 0 amide bonds. The van der Waals surface area contributed by atoms with E-state index in [1.807, 2.05) is 66.7 Å². The fourth-order valence-corrected chi connectivity index (χ4v) is 4.82. The van der Waals surface area contributed by atoms with Gasteiger partial charge in [0.15, 0.2) is 0 Å². The highest BCUT2D eigenvalue weighted by Crippen LogP contribution is 2.35. The first-order chi connectivity index (χ1) is 20.7. The lowest BCUT2D eigenvalue weighted by Crippen LogP contribution is -2.08. The Kier molecular flexibility index (Phi) is 12.4. The van der Waals surface area contributed by atoms with Crippen molar-refractivity contribution in [3.05, 3.63) is 90.5 Å². The number of rotatable bonds is 17. The Morgan fingerprint density at radius 2 is 1.26 bits per heavy atom. The monoisotopic (exact) mass is 566 g/mol. The lowest BCUT2D eigenvalue weighted by atomic mass is 10.1. The van der Waals surface area contributed by atoms with Gasteiger partial charge in [0.05, 0.1) is 30.7 Å². The highest BCUT2D eigenvalue weighted by atomic mass is 16.5. The van der Waals surface area contributed by atoms with E-state index >= 15 is 0 Å². The second-order valence-electron chi connectivity index (χ2n) is 10.5.